The van der Waals surface area contributed by atoms with Gasteiger partial charge < -0.3 is 0 Å². The summed E-state index contributed by atoms with van der Waals surface area (Å²) in [6.07, 6.45) is 1.79. The highest BCUT2D eigenvalue weighted by Crippen LogP contribution is 2.00. The van der Waals surface area contributed by atoms with Crippen LogP contribution in [0.4, 0.5) is 0 Å². The minimum absolute atomic E-state index is 0.148. The van der Waals surface area contributed by atoms with Crippen LogP contribution in [0.3, 0.4) is 0 Å². The van der Waals surface area contributed by atoms with Crippen molar-refractivity contribution in [2.75, 3.05) is 20.1 Å². The maximum Gasteiger partial charge on any atom is 0.176 e. The number of carbonyl (C=O) groups excluding carboxylic acids is 1. The van der Waals surface area contributed by atoms with E-state index < -0.39 is 0 Å². The van der Waals surface area contributed by atoms with E-state index in [9.17, 15) is 4.79 Å². The second kappa shape index (κ2) is 5.35. The first kappa shape index (κ1) is 10.7. The van der Waals surface area contributed by atoms with Gasteiger partial charge in [-0.2, -0.15) is 0 Å². The molecule has 0 aliphatic heterocycles. The minimum atomic E-state index is 0.148. The first-order chi connectivity index (χ1) is 6.74. The van der Waals surface area contributed by atoms with Crippen LogP contribution in [0.5, 0.6) is 0 Å². The van der Waals surface area contributed by atoms with Gasteiger partial charge in [0.05, 0.1) is 6.54 Å². The van der Waals surface area contributed by atoms with Gasteiger partial charge in [0.2, 0.25) is 0 Å². The smallest absolute Gasteiger partial charge is 0.176 e. The lowest BCUT2D eigenvalue weighted by molar-refractivity contribution is 0.0952. The predicted octanol–water partition coefficient (Wildman–Crippen LogP) is 1.99. The van der Waals surface area contributed by atoms with Crippen molar-refractivity contribution in [2.24, 2.45) is 0 Å². The molecule has 0 aromatic heterocycles. The molecule has 0 amide bonds. The molecule has 0 saturated carbocycles. The van der Waals surface area contributed by atoms with Crippen molar-refractivity contribution in [3.05, 3.63) is 48.6 Å². The zero-order valence-electron chi connectivity index (χ0n) is 8.44. The Balaban J connectivity index is 2.55. The number of hydrogen-bond donors (Lipinski definition) is 0. The van der Waals surface area contributed by atoms with Gasteiger partial charge in [0.25, 0.3) is 0 Å². The van der Waals surface area contributed by atoms with Crippen molar-refractivity contribution in [3.63, 3.8) is 0 Å². The molecule has 0 saturated heterocycles. The van der Waals surface area contributed by atoms with Gasteiger partial charge in [0.1, 0.15) is 0 Å². The summed E-state index contributed by atoms with van der Waals surface area (Å²) in [5.74, 6) is 0.148. The summed E-state index contributed by atoms with van der Waals surface area (Å²) in [6, 6.07) is 9.33. The van der Waals surface area contributed by atoms with Gasteiger partial charge in [0, 0.05) is 12.1 Å². The lowest BCUT2D eigenvalue weighted by Gasteiger charge is -2.12. The summed E-state index contributed by atoms with van der Waals surface area (Å²) in [7, 11) is 1.91. The van der Waals surface area contributed by atoms with Gasteiger partial charge in [-0.05, 0) is 7.05 Å². The van der Waals surface area contributed by atoms with E-state index in [1.54, 1.807) is 6.08 Å². The topological polar surface area (TPSA) is 20.3 Å². The fourth-order valence-corrected chi connectivity index (χ4v) is 1.25. The van der Waals surface area contributed by atoms with Crippen LogP contribution in [0.15, 0.2) is 43.0 Å². The molecule has 0 heterocycles. The van der Waals surface area contributed by atoms with Crippen molar-refractivity contribution < 1.29 is 4.79 Å². The average molecular weight is 189 g/mol. The van der Waals surface area contributed by atoms with E-state index in [2.05, 4.69) is 6.58 Å². The number of likely N-dealkylation sites (N-methyl/N-ethyl adjacent to an activating group) is 1. The van der Waals surface area contributed by atoms with Crippen LogP contribution in [0, 0.1) is 0 Å². The summed E-state index contributed by atoms with van der Waals surface area (Å²) in [4.78, 5) is 13.6. The van der Waals surface area contributed by atoms with Crippen molar-refractivity contribution in [1.29, 1.82) is 0 Å². The predicted molar refractivity (Wildman–Crippen MR) is 58.5 cm³/mol. The maximum absolute atomic E-state index is 11.7. The molecule has 0 spiro atoms. The average Bonchev–Trinajstić information content (AvgIpc) is 2.19. The monoisotopic (exact) mass is 189 g/mol. The first-order valence-corrected chi connectivity index (χ1v) is 4.61. The van der Waals surface area contributed by atoms with Crippen LogP contribution in [0.25, 0.3) is 0 Å². The zero-order valence-corrected chi connectivity index (χ0v) is 8.44. The van der Waals surface area contributed by atoms with E-state index in [4.69, 9.17) is 0 Å². The van der Waals surface area contributed by atoms with E-state index >= 15 is 0 Å². The molecule has 0 aliphatic rings. The Morgan fingerprint density at radius 2 is 2.07 bits per heavy atom. The van der Waals surface area contributed by atoms with Gasteiger partial charge in [0.15, 0.2) is 5.78 Å². The Bertz CT molecular complexity index is 305. The Kier molecular flexibility index (Phi) is 4.08. The molecular formula is C12H15NO. The molecule has 14 heavy (non-hydrogen) atoms. The summed E-state index contributed by atoms with van der Waals surface area (Å²) in [5, 5.41) is 0. The van der Waals surface area contributed by atoms with Crippen molar-refractivity contribution >= 4 is 5.78 Å². The van der Waals surface area contributed by atoms with E-state index in [1.807, 2.05) is 42.3 Å². The molecule has 74 valence electrons. The van der Waals surface area contributed by atoms with Crippen LogP contribution in [-0.2, 0) is 0 Å². The van der Waals surface area contributed by atoms with Crippen LogP contribution < -0.4 is 0 Å². The Hall–Kier alpha value is -1.41. The van der Waals surface area contributed by atoms with Crippen molar-refractivity contribution in [3.8, 4) is 0 Å². The molecule has 0 unspecified atom stereocenters. The zero-order chi connectivity index (χ0) is 10.4. The summed E-state index contributed by atoms with van der Waals surface area (Å²) in [6.45, 7) is 4.80. The lowest BCUT2D eigenvalue weighted by Crippen LogP contribution is -2.25. The fraction of sp³-hybridized carbons (Fsp3) is 0.250. The van der Waals surface area contributed by atoms with Crippen LogP contribution in [0.2, 0.25) is 0 Å². The number of benzene rings is 1. The van der Waals surface area contributed by atoms with Crippen LogP contribution >= 0.6 is 0 Å². The highest BCUT2D eigenvalue weighted by molar-refractivity contribution is 5.97. The third-order valence-corrected chi connectivity index (χ3v) is 1.95. The molecule has 0 atom stereocenters. The number of Topliss-reactive ketones (excluding diaryl/α,β-unsaturated/α-hetero) is 1. The molecule has 0 radical (unpaired) electrons. The van der Waals surface area contributed by atoms with Gasteiger partial charge in [-0.3, -0.25) is 9.69 Å². The summed E-state index contributed by atoms with van der Waals surface area (Å²) < 4.78 is 0. The molecular weight excluding hydrogens is 174 g/mol. The third-order valence-electron chi connectivity index (χ3n) is 1.95. The van der Waals surface area contributed by atoms with Gasteiger partial charge >= 0.3 is 0 Å². The molecule has 0 N–H and O–H groups in total. The molecule has 1 rings (SSSR count). The van der Waals surface area contributed by atoms with Crippen molar-refractivity contribution in [2.45, 2.75) is 0 Å². The van der Waals surface area contributed by atoms with E-state index in [-0.39, 0.29) is 5.78 Å². The number of rotatable bonds is 5. The Labute approximate surface area is 84.9 Å². The Morgan fingerprint density at radius 3 is 2.64 bits per heavy atom. The number of ketones is 1. The van der Waals surface area contributed by atoms with E-state index in [1.165, 1.54) is 0 Å². The molecule has 2 nitrogen and oxygen atoms in total. The minimum Gasteiger partial charge on any atom is -0.295 e. The molecule has 2 heteroatoms. The largest absolute Gasteiger partial charge is 0.295 e. The highest BCUT2D eigenvalue weighted by atomic mass is 16.1. The quantitative estimate of drug-likeness (QED) is 0.521. The van der Waals surface area contributed by atoms with Gasteiger partial charge in [-0.1, -0.05) is 36.4 Å². The molecule has 1 aromatic carbocycles. The molecule has 0 bridgehead atoms. The lowest BCUT2D eigenvalue weighted by atomic mass is 10.1. The van der Waals surface area contributed by atoms with E-state index in [0.29, 0.717) is 6.54 Å². The number of nitrogens with zero attached hydrogens (tertiary/aromatic N) is 1. The van der Waals surface area contributed by atoms with Gasteiger partial charge in [-0.25, -0.2) is 0 Å². The van der Waals surface area contributed by atoms with Crippen LogP contribution in [-0.4, -0.2) is 30.8 Å². The highest BCUT2D eigenvalue weighted by Gasteiger charge is 2.06. The molecule has 0 aliphatic carbocycles. The first-order valence-electron chi connectivity index (χ1n) is 4.61. The standard InChI is InChI=1S/C12H15NO/c1-3-9-13(2)10-12(14)11-7-5-4-6-8-11/h3-8H,1,9-10H2,2H3. The molecule has 0 fully saturated rings. The summed E-state index contributed by atoms with van der Waals surface area (Å²) in [5.41, 5.74) is 0.767. The van der Waals surface area contributed by atoms with Crippen LogP contribution in [0.1, 0.15) is 10.4 Å². The third kappa shape index (κ3) is 3.15. The normalized spacial score (nSPS) is 10.1. The number of hydrogen-bond acceptors (Lipinski definition) is 2. The Morgan fingerprint density at radius 1 is 1.43 bits per heavy atom. The van der Waals surface area contributed by atoms with Crippen molar-refractivity contribution in [1.82, 2.24) is 4.90 Å². The maximum atomic E-state index is 11.7. The molecule has 1 aromatic rings. The fourth-order valence-electron chi connectivity index (χ4n) is 1.25. The summed E-state index contributed by atoms with van der Waals surface area (Å²) >= 11 is 0. The SMILES string of the molecule is C=CCN(C)CC(=O)c1ccccc1. The number of carbonyl (C=O) groups is 1. The van der Waals surface area contributed by atoms with Gasteiger partial charge in [-0.15, -0.1) is 6.58 Å². The second-order valence-electron chi connectivity index (χ2n) is 3.27. The van der Waals surface area contributed by atoms with E-state index in [0.717, 1.165) is 12.1 Å². The second-order valence-corrected chi connectivity index (χ2v) is 3.27.